The van der Waals surface area contributed by atoms with Crippen LogP contribution in [0.2, 0.25) is 0 Å². The first-order valence-corrected chi connectivity index (χ1v) is 9.15. The molecule has 23 heavy (non-hydrogen) atoms. The predicted octanol–water partition coefficient (Wildman–Crippen LogP) is 6.75. The molecule has 3 heteroatoms. The zero-order valence-corrected chi connectivity index (χ0v) is 14.0. The van der Waals surface area contributed by atoms with Gasteiger partial charge in [-0.3, -0.25) is 0 Å². The zero-order chi connectivity index (χ0) is 15.5. The molecule has 112 valence electrons. The Labute approximate surface area is 144 Å². The summed E-state index contributed by atoms with van der Waals surface area (Å²) < 4.78 is 0. The number of rotatable bonds is 1. The van der Waals surface area contributed by atoms with E-state index in [1.807, 2.05) is 23.9 Å². The van der Waals surface area contributed by atoms with Gasteiger partial charge in [0.2, 0.25) is 0 Å². The minimum absolute atomic E-state index is 1.18. The second-order valence-corrected chi connectivity index (χ2v) is 7.18. The lowest BCUT2D eigenvalue weighted by Crippen LogP contribution is -2.00. The molecule has 1 nitrogen and oxygen atoms in total. The summed E-state index contributed by atoms with van der Waals surface area (Å²) in [6, 6.07) is 27.4. The number of anilines is 2. The van der Waals surface area contributed by atoms with E-state index in [2.05, 4.69) is 77.4 Å². The van der Waals surface area contributed by atoms with Gasteiger partial charge in [-0.1, -0.05) is 66.4 Å². The molecule has 0 fully saturated rings. The van der Waals surface area contributed by atoms with Crippen molar-refractivity contribution in [1.82, 2.24) is 0 Å². The normalized spacial score (nSPS) is 11.7. The van der Waals surface area contributed by atoms with E-state index in [9.17, 15) is 0 Å². The number of hydrogen-bond acceptors (Lipinski definition) is 3. The minimum Gasteiger partial charge on any atom is -0.353 e. The molecule has 0 radical (unpaired) electrons. The van der Waals surface area contributed by atoms with Gasteiger partial charge < -0.3 is 5.32 Å². The van der Waals surface area contributed by atoms with Crippen molar-refractivity contribution in [2.45, 2.75) is 9.79 Å². The van der Waals surface area contributed by atoms with Gasteiger partial charge in [0, 0.05) is 20.2 Å². The predicted molar refractivity (Wildman–Crippen MR) is 101 cm³/mol. The van der Waals surface area contributed by atoms with Crippen LogP contribution in [0.3, 0.4) is 0 Å². The summed E-state index contributed by atoms with van der Waals surface area (Å²) in [4.78, 5) is 3.79. The molecule has 1 N–H and O–H groups in total. The van der Waals surface area contributed by atoms with Crippen LogP contribution in [0.4, 0.5) is 11.4 Å². The van der Waals surface area contributed by atoms with Crippen molar-refractivity contribution < 1.29 is 0 Å². The highest BCUT2D eigenvalue weighted by atomic mass is 32.2. The second-order valence-electron chi connectivity index (χ2n) is 5.15. The molecule has 0 saturated heterocycles. The van der Waals surface area contributed by atoms with Crippen molar-refractivity contribution in [3.63, 3.8) is 0 Å². The molecule has 3 aromatic rings. The second kappa shape index (κ2) is 6.49. The first kappa shape index (κ1) is 14.4. The average molecular weight is 333 g/mol. The van der Waals surface area contributed by atoms with E-state index in [0.717, 1.165) is 0 Å². The Morgan fingerprint density at radius 3 is 2.43 bits per heavy atom. The lowest BCUT2D eigenvalue weighted by atomic mass is 10.1. The average Bonchev–Trinajstić information content (AvgIpc) is 2.73. The van der Waals surface area contributed by atoms with Crippen LogP contribution in [0, 0.1) is 0 Å². The molecule has 0 saturated carbocycles. The molecule has 0 bridgehead atoms. The van der Waals surface area contributed by atoms with E-state index in [0.29, 0.717) is 0 Å². The van der Waals surface area contributed by atoms with Gasteiger partial charge in [0.05, 0.1) is 11.4 Å². The van der Waals surface area contributed by atoms with Crippen LogP contribution in [-0.2, 0) is 0 Å². The van der Waals surface area contributed by atoms with Crippen LogP contribution < -0.4 is 5.32 Å². The van der Waals surface area contributed by atoms with Gasteiger partial charge in [-0.15, -0.1) is 11.3 Å². The molecule has 2 heterocycles. The molecular formula is C20H15NS2. The van der Waals surface area contributed by atoms with E-state index < -0.39 is 0 Å². The molecule has 0 unspecified atom stereocenters. The quantitative estimate of drug-likeness (QED) is 0.413. The maximum atomic E-state index is 3.62. The van der Waals surface area contributed by atoms with Crippen LogP contribution >= 0.6 is 23.1 Å². The highest BCUT2D eigenvalue weighted by Crippen LogP contribution is 2.47. The Bertz CT molecular complexity index is 873. The smallest absolute Gasteiger partial charge is 0.0614 e. The fraction of sp³-hybridized carbons (Fsp3) is 0. The fourth-order valence-corrected chi connectivity index (χ4v) is 4.34. The molecule has 0 aliphatic carbocycles. The van der Waals surface area contributed by atoms with Crippen LogP contribution in [-0.4, -0.2) is 0 Å². The van der Waals surface area contributed by atoms with E-state index in [4.69, 9.17) is 0 Å². The van der Waals surface area contributed by atoms with Gasteiger partial charge in [-0.05, 0) is 29.6 Å². The summed E-state index contributed by atoms with van der Waals surface area (Å²) in [5.41, 5.74) is 3.62. The van der Waals surface area contributed by atoms with Gasteiger partial charge in [0.15, 0.2) is 0 Å². The molecule has 2 aromatic carbocycles. The van der Waals surface area contributed by atoms with Crippen LogP contribution in [0.25, 0.3) is 10.4 Å². The Morgan fingerprint density at radius 1 is 0.652 bits per heavy atom. The summed E-state index contributed by atoms with van der Waals surface area (Å²) in [6.45, 7) is 0. The third-order valence-corrected chi connectivity index (χ3v) is 5.66. The standard InChI is InChI=1S/C20H15NS2/c1-2-4-11-17(22-14-7-3-1)15-9-8-13-19-20(15)21-16-10-5-6-12-18(16)23-19/h1-14,21H. The van der Waals surface area contributed by atoms with Crippen molar-refractivity contribution in [3.05, 3.63) is 84.2 Å². The number of fused-ring (bicyclic) bond motifs is 2. The van der Waals surface area contributed by atoms with E-state index >= 15 is 0 Å². The van der Waals surface area contributed by atoms with Crippen LogP contribution in [0.1, 0.15) is 0 Å². The minimum atomic E-state index is 1.18. The molecule has 4 rings (SSSR count). The molecule has 1 aromatic heterocycles. The number of nitrogens with one attached hydrogen (secondary N) is 1. The first-order chi connectivity index (χ1) is 11.4. The van der Waals surface area contributed by atoms with Crippen molar-refractivity contribution in [3.8, 4) is 10.4 Å². The highest BCUT2D eigenvalue weighted by molar-refractivity contribution is 7.99. The molecule has 0 atom stereocenters. The number of benzene rings is 2. The summed E-state index contributed by atoms with van der Waals surface area (Å²) in [6.07, 6.45) is 0. The van der Waals surface area contributed by atoms with Gasteiger partial charge in [0.1, 0.15) is 0 Å². The largest absolute Gasteiger partial charge is 0.353 e. The van der Waals surface area contributed by atoms with Crippen LogP contribution in [0.15, 0.2) is 94.0 Å². The zero-order valence-electron chi connectivity index (χ0n) is 12.4. The van der Waals surface area contributed by atoms with Crippen molar-refractivity contribution in [2.24, 2.45) is 0 Å². The first-order valence-electron chi connectivity index (χ1n) is 7.46. The van der Waals surface area contributed by atoms with Crippen molar-refractivity contribution in [1.29, 1.82) is 0 Å². The number of hydrogen-bond donors (Lipinski definition) is 1. The van der Waals surface area contributed by atoms with Crippen molar-refractivity contribution in [2.75, 3.05) is 5.32 Å². The van der Waals surface area contributed by atoms with Crippen molar-refractivity contribution >= 4 is 34.5 Å². The van der Waals surface area contributed by atoms with Gasteiger partial charge in [-0.2, -0.15) is 0 Å². The van der Waals surface area contributed by atoms with Gasteiger partial charge in [-0.25, -0.2) is 0 Å². The van der Waals surface area contributed by atoms with E-state index in [-0.39, 0.29) is 0 Å². The molecule has 0 amide bonds. The topological polar surface area (TPSA) is 12.0 Å². The van der Waals surface area contributed by atoms with Crippen LogP contribution in [0.5, 0.6) is 0 Å². The number of para-hydroxylation sites is 2. The van der Waals surface area contributed by atoms with E-state index in [1.165, 1.54) is 31.6 Å². The lowest BCUT2D eigenvalue weighted by molar-refractivity contribution is 1.32. The van der Waals surface area contributed by atoms with E-state index in [1.54, 1.807) is 11.3 Å². The third kappa shape index (κ3) is 2.98. The molecular weight excluding hydrogens is 318 g/mol. The molecule has 1 aliphatic heterocycles. The van der Waals surface area contributed by atoms with Gasteiger partial charge in [0.25, 0.3) is 0 Å². The molecule has 1 aliphatic rings. The Hall–Kier alpha value is -2.23. The third-order valence-electron chi connectivity index (χ3n) is 3.62. The Kier molecular flexibility index (Phi) is 4.05. The molecule has 0 spiro atoms. The maximum absolute atomic E-state index is 3.62. The Balaban J connectivity index is 1.86. The summed E-state index contributed by atoms with van der Waals surface area (Å²) in [5.74, 6) is 0. The monoisotopic (exact) mass is 333 g/mol. The maximum Gasteiger partial charge on any atom is 0.0614 e. The summed E-state index contributed by atoms with van der Waals surface area (Å²) >= 11 is 3.57. The Morgan fingerprint density at radius 2 is 1.43 bits per heavy atom. The fourth-order valence-electron chi connectivity index (χ4n) is 2.55. The SMILES string of the molecule is c1cccsc(-c2cccc3c2Nc2ccccc2S3)ccc1. The van der Waals surface area contributed by atoms with Gasteiger partial charge >= 0.3 is 0 Å². The lowest BCUT2D eigenvalue weighted by Gasteiger charge is -2.23. The summed E-state index contributed by atoms with van der Waals surface area (Å²) in [7, 11) is 0. The highest BCUT2D eigenvalue weighted by Gasteiger charge is 2.18. The summed E-state index contributed by atoms with van der Waals surface area (Å²) in [5, 5.41) is 5.74.